The van der Waals surface area contributed by atoms with E-state index in [4.69, 9.17) is 9.84 Å². The molecule has 0 aliphatic carbocycles. The summed E-state index contributed by atoms with van der Waals surface area (Å²) in [6.07, 6.45) is 0.589. The number of ether oxygens (including phenoxy) is 1. The normalized spacial score (nSPS) is 15.3. The van der Waals surface area contributed by atoms with Crippen LogP contribution in [0.3, 0.4) is 0 Å². The summed E-state index contributed by atoms with van der Waals surface area (Å²) < 4.78 is 5.16. The minimum atomic E-state index is -0.800. The molecule has 4 heteroatoms. The van der Waals surface area contributed by atoms with E-state index in [1.54, 1.807) is 0 Å². The molecule has 0 aromatic rings. The van der Waals surface area contributed by atoms with Gasteiger partial charge in [0.2, 0.25) is 0 Å². The van der Waals surface area contributed by atoms with Crippen molar-refractivity contribution >= 4 is 5.97 Å². The quantitative estimate of drug-likeness (QED) is 0.623. The number of hydrogen-bond acceptors (Lipinski definition) is 3. The molecule has 0 aromatic carbocycles. The van der Waals surface area contributed by atoms with Crippen LogP contribution in [0, 0.1) is 0 Å². The van der Waals surface area contributed by atoms with Crippen LogP contribution in [0.1, 0.15) is 27.2 Å². The van der Waals surface area contributed by atoms with Crippen LogP contribution in [0.25, 0.3) is 0 Å². The van der Waals surface area contributed by atoms with Gasteiger partial charge in [-0.25, -0.2) is 0 Å². The van der Waals surface area contributed by atoms with E-state index in [1.165, 1.54) is 0 Å². The first-order valence-corrected chi connectivity index (χ1v) is 4.68. The van der Waals surface area contributed by atoms with E-state index in [2.05, 4.69) is 5.32 Å². The van der Waals surface area contributed by atoms with Gasteiger partial charge in [0.25, 0.3) is 0 Å². The molecular weight excluding hydrogens is 170 g/mol. The maximum absolute atomic E-state index is 10.6. The molecule has 0 aliphatic rings. The average Bonchev–Trinajstić information content (AvgIpc) is 2.10. The van der Waals surface area contributed by atoms with Gasteiger partial charge in [-0.05, 0) is 20.3 Å². The Hall–Kier alpha value is -0.610. The molecule has 0 saturated heterocycles. The third-order valence-electron chi connectivity index (χ3n) is 1.76. The summed E-state index contributed by atoms with van der Waals surface area (Å²) in [5.74, 6) is -0.800. The minimum absolute atomic E-state index is 0.0843. The minimum Gasteiger partial charge on any atom is -0.480 e. The SMILES string of the molecule is CCOCC(C)NC(CC)C(=O)O. The lowest BCUT2D eigenvalue weighted by Gasteiger charge is -2.18. The standard InChI is InChI=1S/C9H19NO3/c1-4-8(9(11)12)10-7(3)6-13-5-2/h7-8,10H,4-6H2,1-3H3,(H,11,12). The van der Waals surface area contributed by atoms with E-state index in [1.807, 2.05) is 20.8 Å². The zero-order chi connectivity index (χ0) is 10.3. The Morgan fingerprint density at radius 1 is 1.54 bits per heavy atom. The fourth-order valence-corrected chi connectivity index (χ4v) is 1.05. The highest BCUT2D eigenvalue weighted by Crippen LogP contribution is 1.94. The molecule has 2 N–H and O–H groups in total. The van der Waals surface area contributed by atoms with Gasteiger partial charge in [0, 0.05) is 12.6 Å². The van der Waals surface area contributed by atoms with Crippen molar-refractivity contribution < 1.29 is 14.6 Å². The predicted molar refractivity (Wildman–Crippen MR) is 50.8 cm³/mol. The molecule has 0 saturated carbocycles. The molecule has 13 heavy (non-hydrogen) atoms. The summed E-state index contributed by atoms with van der Waals surface area (Å²) in [5.41, 5.74) is 0. The molecule has 0 aromatic heterocycles. The Labute approximate surface area is 79.3 Å². The zero-order valence-corrected chi connectivity index (χ0v) is 8.54. The van der Waals surface area contributed by atoms with Crippen LogP contribution in [0.15, 0.2) is 0 Å². The van der Waals surface area contributed by atoms with Crippen LogP contribution < -0.4 is 5.32 Å². The Bertz CT molecular complexity index is 150. The molecule has 78 valence electrons. The van der Waals surface area contributed by atoms with Crippen LogP contribution in [-0.4, -0.2) is 36.4 Å². The van der Waals surface area contributed by atoms with Crippen molar-refractivity contribution in [2.24, 2.45) is 0 Å². The van der Waals surface area contributed by atoms with E-state index in [-0.39, 0.29) is 6.04 Å². The van der Waals surface area contributed by atoms with Crippen molar-refractivity contribution in [1.29, 1.82) is 0 Å². The lowest BCUT2D eigenvalue weighted by molar-refractivity contribution is -0.139. The lowest BCUT2D eigenvalue weighted by atomic mass is 10.2. The summed E-state index contributed by atoms with van der Waals surface area (Å²) in [7, 11) is 0. The molecule has 2 atom stereocenters. The lowest BCUT2D eigenvalue weighted by Crippen LogP contribution is -2.43. The van der Waals surface area contributed by atoms with Gasteiger partial charge in [-0.15, -0.1) is 0 Å². The third kappa shape index (κ3) is 5.60. The summed E-state index contributed by atoms with van der Waals surface area (Å²) in [4.78, 5) is 10.6. The monoisotopic (exact) mass is 189 g/mol. The fraction of sp³-hybridized carbons (Fsp3) is 0.889. The van der Waals surface area contributed by atoms with E-state index in [9.17, 15) is 4.79 Å². The van der Waals surface area contributed by atoms with E-state index in [0.29, 0.717) is 19.6 Å². The Morgan fingerprint density at radius 2 is 2.15 bits per heavy atom. The highest BCUT2D eigenvalue weighted by Gasteiger charge is 2.16. The number of nitrogens with one attached hydrogen (secondary N) is 1. The van der Waals surface area contributed by atoms with Crippen molar-refractivity contribution in [3.63, 3.8) is 0 Å². The van der Waals surface area contributed by atoms with Crippen LogP contribution >= 0.6 is 0 Å². The maximum atomic E-state index is 10.6. The van der Waals surface area contributed by atoms with Crippen molar-refractivity contribution in [1.82, 2.24) is 5.32 Å². The number of carboxylic acids is 1. The second kappa shape index (κ2) is 6.86. The zero-order valence-electron chi connectivity index (χ0n) is 8.54. The molecular formula is C9H19NO3. The van der Waals surface area contributed by atoms with Crippen LogP contribution in [-0.2, 0) is 9.53 Å². The largest absolute Gasteiger partial charge is 0.480 e. The van der Waals surface area contributed by atoms with Gasteiger partial charge in [0.05, 0.1) is 6.61 Å². The summed E-state index contributed by atoms with van der Waals surface area (Å²) in [5, 5.41) is 11.7. The predicted octanol–water partition coefficient (Wildman–Crippen LogP) is 0.864. The van der Waals surface area contributed by atoms with E-state index in [0.717, 1.165) is 0 Å². The summed E-state index contributed by atoms with van der Waals surface area (Å²) >= 11 is 0. The molecule has 0 bridgehead atoms. The first-order valence-electron chi connectivity index (χ1n) is 4.68. The maximum Gasteiger partial charge on any atom is 0.320 e. The highest BCUT2D eigenvalue weighted by molar-refractivity contribution is 5.73. The van der Waals surface area contributed by atoms with Gasteiger partial charge in [0.1, 0.15) is 6.04 Å². The van der Waals surface area contributed by atoms with Gasteiger partial charge in [0.15, 0.2) is 0 Å². The van der Waals surface area contributed by atoms with Crippen LogP contribution in [0.4, 0.5) is 0 Å². The topological polar surface area (TPSA) is 58.6 Å². The molecule has 0 aliphatic heterocycles. The molecule has 0 radical (unpaired) electrons. The third-order valence-corrected chi connectivity index (χ3v) is 1.76. The Morgan fingerprint density at radius 3 is 2.54 bits per heavy atom. The fourth-order valence-electron chi connectivity index (χ4n) is 1.05. The molecule has 2 unspecified atom stereocenters. The Kier molecular flexibility index (Phi) is 6.54. The van der Waals surface area contributed by atoms with Gasteiger partial charge < -0.3 is 9.84 Å². The number of rotatable bonds is 7. The molecule has 0 spiro atoms. The first kappa shape index (κ1) is 12.4. The molecule has 0 fully saturated rings. The van der Waals surface area contributed by atoms with E-state index >= 15 is 0 Å². The molecule has 0 rings (SSSR count). The van der Waals surface area contributed by atoms with Gasteiger partial charge in [-0.1, -0.05) is 6.92 Å². The number of carbonyl (C=O) groups is 1. The van der Waals surface area contributed by atoms with Crippen LogP contribution in [0.5, 0.6) is 0 Å². The smallest absolute Gasteiger partial charge is 0.320 e. The number of carboxylic acid groups (broad SMARTS) is 1. The van der Waals surface area contributed by atoms with Gasteiger partial charge in [-0.2, -0.15) is 0 Å². The summed E-state index contributed by atoms with van der Waals surface area (Å²) in [6, 6.07) is -0.378. The molecule has 0 heterocycles. The van der Waals surface area contributed by atoms with Crippen molar-refractivity contribution in [2.45, 2.75) is 39.3 Å². The highest BCUT2D eigenvalue weighted by atomic mass is 16.5. The Balaban J connectivity index is 3.73. The van der Waals surface area contributed by atoms with E-state index < -0.39 is 12.0 Å². The van der Waals surface area contributed by atoms with Crippen LogP contribution in [0.2, 0.25) is 0 Å². The molecule has 0 amide bonds. The van der Waals surface area contributed by atoms with Crippen molar-refractivity contribution in [3.05, 3.63) is 0 Å². The number of aliphatic carboxylic acids is 1. The van der Waals surface area contributed by atoms with Crippen molar-refractivity contribution in [2.75, 3.05) is 13.2 Å². The summed E-state index contributed by atoms with van der Waals surface area (Å²) in [6.45, 7) is 6.90. The second-order valence-corrected chi connectivity index (χ2v) is 3.03. The van der Waals surface area contributed by atoms with Gasteiger partial charge >= 0.3 is 5.97 Å². The molecule has 4 nitrogen and oxygen atoms in total. The number of hydrogen-bond donors (Lipinski definition) is 2. The van der Waals surface area contributed by atoms with Crippen molar-refractivity contribution in [3.8, 4) is 0 Å². The first-order chi connectivity index (χ1) is 6.11. The second-order valence-electron chi connectivity index (χ2n) is 3.03. The average molecular weight is 189 g/mol. The van der Waals surface area contributed by atoms with Gasteiger partial charge in [-0.3, -0.25) is 10.1 Å².